The highest BCUT2D eigenvalue weighted by atomic mass is 32.1. The number of hydrogen-bond donors (Lipinski definition) is 0. The Kier molecular flexibility index (Phi) is 10.2. The van der Waals surface area contributed by atoms with Crippen LogP contribution in [0.25, 0.3) is 15.2 Å². The second-order valence-corrected chi connectivity index (χ2v) is 14.6. The highest BCUT2D eigenvalue weighted by Crippen LogP contribution is 2.38. The second-order valence-electron chi connectivity index (χ2n) is 13.7. The van der Waals surface area contributed by atoms with Gasteiger partial charge in [-0.05, 0) is 50.5 Å². The molecule has 0 unspecified atom stereocenters. The molecule has 1 fully saturated rings. The minimum atomic E-state index is -1.46. The molecule has 0 N–H and O–H groups in total. The maximum absolute atomic E-state index is 14.9. The monoisotopic (exact) mass is 703 g/mol. The summed E-state index contributed by atoms with van der Waals surface area (Å²) in [6.45, 7) is 9.18. The molecule has 1 atom stereocenters. The topological polar surface area (TPSA) is 119 Å². The average Bonchev–Trinajstić information content (AvgIpc) is 3.71. The summed E-state index contributed by atoms with van der Waals surface area (Å²) in [6, 6.07) is 14.1. The Morgan fingerprint density at radius 1 is 1.06 bits per heavy atom. The molecule has 264 valence electrons. The summed E-state index contributed by atoms with van der Waals surface area (Å²) in [6.07, 6.45) is 3.31. The fourth-order valence-corrected chi connectivity index (χ4v) is 7.59. The van der Waals surface area contributed by atoms with Crippen molar-refractivity contribution in [3.63, 3.8) is 0 Å². The molecule has 0 aliphatic heterocycles. The van der Waals surface area contributed by atoms with Crippen LogP contribution in [0.4, 0.5) is 4.39 Å². The Labute approximate surface area is 293 Å². The molecule has 0 amide bonds. The van der Waals surface area contributed by atoms with E-state index in [2.05, 4.69) is 10.2 Å². The number of ether oxygens (including phenoxy) is 3. The van der Waals surface area contributed by atoms with Crippen LogP contribution in [0, 0.1) is 18.7 Å². The van der Waals surface area contributed by atoms with Gasteiger partial charge in [0.15, 0.2) is 5.78 Å². The first-order valence-electron chi connectivity index (χ1n) is 16.7. The molecule has 1 aliphatic carbocycles. The standard InChI is InChI=1S/C37H42FN5O6S/c1-22(2)16-31(44)37(4,5)42-33(45)32-23(3)34(43-39-14-15-40-43)50-35(32)41(36(42)46)20-30(28-17-25(38)12-13-29(28)47-6)49-27-18-26(19-27)48-21-24-10-8-7-9-11-24/h7-15,17,22,26-27,30H,16,18-21H2,1-6H3/t26?,27?,30-/m0/s1. The van der Waals surface area contributed by atoms with Crippen molar-refractivity contribution in [1.82, 2.24) is 24.1 Å². The van der Waals surface area contributed by atoms with E-state index in [4.69, 9.17) is 14.2 Å². The van der Waals surface area contributed by atoms with Gasteiger partial charge < -0.3 is 14.2 Å². The van der Waals surface area contributed by atoms with Gasteiger partial charge in [-0.2, -0.15) is 10.2 Å². The molecule has 13 heteroatoms. The average molecular weight is 704 g/mol. The number of carbonyl (C=O) groups excluding carboxylic acids is 1. The Bertz CT molecular complexity index is 2100. The maximum atomic E-state index is 14.9. The molecule has 50 heavy (non-hydrogen) atoms. The zero-order chi connectivity index (χ0) is 35.7. The van der Waals surface area contributed by atoms with Crippen LogP contribution in [-0.2, 0) is 33.0 Å². The quantitative estimate of drug-likeness (QED) is 0.136. The molecule has 5 aromatic rings. The number of thiophene rings is 1. The lowest BCUT2D eigenvalue weighted by atomic mass is 9.91. The fraction of sp³-hybridized carbons (Fsp3) is 0.432. The summed E-state index contributed by atoms with van der Waals surface area (Å²) >= 11 is 1.19. The van der Waals surface area contributed by atoms with Crippen molar-refractivity contribution >= 4 is 27.3 Å². The molecule has 0 spiro atoms. The predicted octanol–water partition coefficient (Wildman–Crippen LogP) is 6.12. The van der Waals surface area contributed by atoms with E-state index in [9.17, 15) is 18.8 Å². The van der Waals surface area contributed by atoms with Gasteiger partial charge in [0, 0.05) is 30.4 Å². The van der Waals surface area contributed by atoms with Crippen LogP contribution >= 0.6 is 11.3 Å². The maximum Gasteiger partial charge on any atom is 0.333 e. The number of aromatic nitrogens is 5. The number of hydrogen-bond acceptors (Lipinski definition) is 9. The number of halogens is 1. The van der Waals surface area contributed by atoms with E-state index in [1.54, 1.807) is 20.8 Å². The number of nitrogens with zero attached hydrogens (tertiary/aromatic N) is 5. The van der Waals surface area contributed by atoms with Crippen LogP contribution in [0.1, 0.15) is 69.8 Å². The van der Waals surface area contributed by atoms with E-state index < -0.39 is 28.7 Å². The minimum Gasteiger partial charge on any atom is -0.496 e. The van der Waals surface area contributed by atoms with E-state index in [1.165, 1.54) is 58.4 Å². The van der Waals surface area contributed by atoms with Gasteiger partial charge in [0.1, 0.15) is 33.0 Å². The zero-order valence-corrected chi connectivity index (χ0v) is 29.9. The number of fused-ring (bicyclic) bond motifs is 1. The highest BCUT2D eigenvalue weighted by molar-refractivity contribution is 7.21. The van der Waals surface area contributed by atoms with Crippen LogP contribution in [-0.4, -0.2) is 49.2 Å². The number of rotatable bonds is 14. The van der Waals surface area contributed by atoms with E-state index in [-0.39, 0.29) is 42.3 Å². The van der Waals surface area contributed by atoms with E-state index >= 15 is 0 Å². The Balaban J connectivity index is 1.44. The zero-order valence-electron chi connectivity index (χ0n) is 29.1. The molecule has 1 saturated carbocycles. The normalized spacial score (nSPS) is 16.9. The van der Waals surface area contributed by atoms with Crippen molar-refractivity contribution in [3.05, 3.63) is 104 Å². The summed E-state index contributed by atoms with van der Waals surface area (Å²) in [5.41, 5.74) is -0.656. The van der Waals surface area contributed by atoms with Crippen molar-refractivity contribution in [2.75, 3.05) is 7.11 Å². The fourth-order valence-electron chi connectivity index (χ4n) is 6.37. The number of Topliss-reactive ketones (excluding diaryl/α,β-unsaturated/α-hetero) is 1. The molecular formula is C37H42FN5O6S. The molecule has 3 heterocycles. The summed E-state index contributed by atoms with van der Waals surface area (Å²) in [7, 11) is 1.49. The van der Waals surface area contributed by atoms with Gasteiger partial charge in [-0.15, -0.1) is 4.80 Å². The van der Waals surface area contributed by atoms with Gasteiger partial charge in [0.25, 0.3) is 5.56 Å². The van der Waals surface area contributed by atoms with Crippen molar-refractivity contribution in [2.45, 2.75) is 90.9 Å². The molecule has 0 bridgehead atoms. The van der Waals surface area contributed by atoms with Crippen molar-refractivity contribution in [1.29, 1.82) is 0 Å². The number of benzene rings is 2. The van der Waals surface area contributed by atoms with Crippen LogP contribution in [0.3, 0.4) is 0 Å². The first-order chi connectivity index (χ1) is 23.9. The van der Waals surface area contributed by atoms with Gasteiger partial charge in [0.2, 0.25) is 0 Å². The molecule has 2 aromatic carbocycles. The van der Waals surface area contributed by atoms with Gasteiger partial charge in [-0.25, -0.2) is 13.8 Å². The van der Waals surface area contributed by atoms with E-state index in [0.29, 0.717) is 46.2 Å². The number of carbonyl (C=O) groups is 1. The Morgan fingerprint density at radius 3 is 2.42 bits per heavy atom. The molecular weight excluding hydrogens is 662 g/mol. The first-order valence-corrected chi connectivity index (χ1v) is 17.5. The third kappa shape index (κ3) is 6.94. The summed E-state index contributed by atoms with van der Waals surface area (Å²) in [4.78, 5) is 44.3. The molecule has 6 rings (SSSR count). The molecule has 0 saturated heterocycles. The lowest BCUT2D eigenvalue weighted by molar-refractivity contribution is -0.134. The van der Waals surface area contributed by atoms with Gasteiger partial charge in [-0.3, -0.25) is 14.2 Å². The first kappa shape index (κ1) is 35.4. The number of aryl methyl sites for hydroxylation is 1. The van der Waals surface area contributed by atoms with Gasteiger partial charge in [0.05, 0.1) is 50.2 Å². The third-order valence-corrected chi connectivity index (χ3v) is 10.5. The molecule has 0 radical (unpaired) electrons. The Hall–Kier alpha value is -4.46. The van der Waals surface area contributed by atoms with Crippen LogP contribution in [0.15, 0.2) is 70.5 Å². The largest absolute Gasteiger partial charge is 0.496 e. The third-order valence-electron chi connectivity index (χ3n) is 9.25. The lowest BCUT2D eigenvalue weighted by Gasteiger charge is -2.38. The van der Waals surface area contributed by atoms with E-state index in [0.717, 1.165) is 10.1 Å². The number of ketones is 1. The minimum absolute atomic E-state index is 0.0185. The van der Waals surface area contributed by atoms with E-state index in [1.807, 2.05) is 44.2 Å². The summed E-state index contributed by atoms with van der Waals surface area (Å²) in [5.74, 6) is -0.324. The van der Waals surface area contributed by atoms with Crippen LogP contribution in [0.5, 0.6) is 5.75 Å². The second kappa shape index (κ2) is 14.4. The van der Waals surface area contributed by atoms with Crippen LogP contribution < -0.4 is 16.0 Å². The van der Waals surface area contributed by atoms with Gasteiger partial charge in [-0.1, -0.05) is 55.5 Å². The smallest absolute Gasteiger partial charge is 0.333 e. The van der Waals surface area contributed by atoms with Crippen molar-refractivity contribution in [2.24, 2.45) is 5.92 Å². The SMILES string of the molecule is COc1ccc(F)cc1[C@H](Cn1c(=O)n(C(C)(C)C(=O)CC(C)C)c(=O)c2c(C)c(-n3nccn3)sc21)OC1CC(OCc2ccccc2)C1. The molecule has 11 nitrogen and oxygen atoms in total. The van der Waals surface area contributed by atoms with Gasteiger partial charge >= 0.3 is 5.69 Å². The van der Waals surface area contributed by atoms with Crippen molar-refractivity contribution in [3.8, 4) is 10.8 Å². The predicted molar refractivity (Wildman–Crippen MR) is 189 cm³/mol. The number of methoxy groups -OCH3 is 1. The molecule has 3 aromatic heterocycles. The Morgan fingerprint density at radius 2 is 1.76 bits per heavy atom. The summed E-state index contributed by atoms with van der Waals surface area (Å²) in [5, 5.41) is 9.36. The summed E-state index contributed by atoms with van der Waals surface area (Å²) < 4.78 is 35.8. The molecule has 1 aliphatic rings. The van der Waals surface area contributed by atoms with Crippen LogP contribution in [0.2, 0.25) is 0 Å². The van der Waals surface area contributed by atoms with Crippen molar-refractivity contribution < 1.29 is 23.4 Å². The highest BCUT2D eigenvalue weighted by Gasteiger charge is 2.38. The lowest BCUT2D eigenvalue weighted by Crippen LogP contribution is -2.53.